The molecule has 1 amide bonds. The molecule has 0 aromatic carbocycles. The summed E-state index contributed by atoms with van der Waals surface area (Å²) in [6.45, 7) is 10.1. The van der Waals surface area contributed by atoms with E-state index in [0.717, 1.165) is 6.42 Å². The maximum atomic E-state index is 11.7. The minimum absolute atomic E-state index is 0.0598. The predicted molar refractivity (Wildman–Crippen MR) is 61.6 cm³/mol. The zero-order valence-corrected chi connectivity index (χ0v) is 10.6. The number of nitrogens with one attached hydrogen (secondary N) is 1. The number of halogens is 1. The highest BCUT2D eigenvalue weighted by molar-refractivity contribution is 6.17. The third-order valence-corrected chi connectivity index (χ3v) is 2.78. The summed E-state index contributed by atoms with van der Waals surface area (Å²) in [5.41, 5.74) is -0.192. The first-order chi connectivity index (χ1) is 6.30. The second-order valence-corrected chi connectivity index (χ2v) is 5.22. The van der Waals surface area contributed by atoms with Gasteiger partial charge in [-0.15, -0.1) is 11.6 Å². The van der Waals surface area contributed by atoms with Crippen molar-refractivity contribution in [2.24, 2.45) is 11.8 Å². The molecule has 2 nitrogen and oxygen atoms in total. The van der Waals surface area contributed by atoms with Crippen LogP contribution in [0.1, 0.15) is 41.0 Å². The second-order valence-electron chi connectivity index (χ2n) is 4.84. The van der Waals surface area contributed by atoms with Gasteiger partial charge in [-0.25, -0.2) is 0 Å². The average molecular weight is 220 g/mol. The molecule has 0 aliphatic rings. The molecule has 0 radical (unpaired) electrons. The highest BCUT2D eigenvalue weighted by Gasteiger charge is 2.24. The first-order valence-electron chi connectivity index (χ1n) is 5.18. The topological polar surface area (TPSA) is 29.1 Å². The minimum Gasteiger partial charge on any atom is -0.351 e. The number of rotatable bonds is 5. The van der Waals surface area contributed by atoms with Crippen molar-refractivity contribution in [3.05, 3.63) is 0 Å². The van der Waals surface area contributed by atoms with Gasteiger partial charge in [0.2, 0.25) is 5.91 Å². The van der Waals surface area contributed by atoms with Crippen molar-refractivity contribution in [2.75, 3.05) is 5.88 Å². The molecule has 1 unspecified atom stereocenters. The summed E-state index contributed by atoms with van der Waals surface area (Å²) in [6, 6.07) is 0. The number of hydrogen-bond donors (Lipinski definition) is 1. The molecule has 0 rings (SSSR count). The van der Waals surface area contributed by atoms with Crippen molar-refractivity contribution in [1.29, 1.82) is 0 Å². The van der Waals surface area contributed by atoms with Gasteiger partial charge in [0.1, 0.15) is 0 Å². The lowest BCUT2D eigenvalue weighted by molar-refractivity contribution is -0.127. The molecule has 0 aromatic heterocycles. The van der Waals surface area contributed by atoms with E-state index in [1.807, 2.05) is 20.8 Å². The van der Waals surface area contributed by atoms with Crippen molar-refractivity contribution in [2.45, 2.75) is 46.6 Å². The summed E-state index contributed by atoms with van der Waals surface area (Å²) in [7, 11) is 0. The molecule has 3 heteroatoms. The van der Waals surface area contributed by atoms with E-state index in [2.05, 4.69) is 19.2 Å². The van der Waals surface area contributed by atoms with Crippen LogP contribution in [0.3, 0.4) is 0 Å². The summed E-state index contributed by atoms with van der Waals surface area (Å²) in [4.78, 5) is 11.7. The Kier molecular flexibility index (Phi) is 5.50. The average Bonchev–Trinajstić information content (AvgIpc) is 2.01. The third-order valence-electron chi connectivity index (χ3n) is 2.59. The zero-order valence-electron chi connectivity index (χ0n) is 9.86. The molecule has 84 valence electrons. The summed E-state index contributed by atoms with van der Waals surface area (Å²) < 4.78 is 0. The SMILES string of the molecule is CC(C)C(C)C(=O)NC(C)(C)CCCl. The van der Waals surface area contributed by atoms with Gasteiger partial charge < -0.3 is 5.32 Å². The Hall–Kier alpha value is -0.240. The van der Waals surface area contributed by atoms with Crippen LogP contribution in [0.5, 0.6) is 0 Å². The van der Waals surface area contributed by atoms with Crippen molar-refractivity contribution in [1.82, 2.24) is 5.32 Å². The van der Waals surface area contributed by atoms with Crippen LogP contribution in [0.2, 0.25) is 0 Å². The summed E-state index contributed by atoms with van der Waals surface area (Å²) in [6.07, 6.45) is 0.797. The lowest BCUT2D eigenvalue weighted by atomic mass is 9.94. The van der Waals surface area contributed by atoms with Gasteiger partial charge in [-0.2, -0.15) is 0 Å². The van der Waals surface area contributed by atoms with Crippen LogP contribution in [0.25, 0.3) is 0 Å². The normalized spacial score (nSPS) is 14.2. The van der Waals surface area contributed by atoms with Crippen LogP contribution in [-0.2, 0) is 4.79 Å². The van der Waals surface area contributed by atoms with E-state index >= 15 is 0 Å². The van der Waals surface area contributed by atoms with E-state index in [1.165, 1.54) is 0 Å². The van der Waals surface area contributed by atoms with Crippen LogP contribution < -0.4 is 5.32 Å². The molecule has 14 heavy (non-hydrogen) atoms. The van der Waals surface area contributed by atoms with E-state index in [1.54, 1.807) is 0 Å². The van der Waals surface area contributed by atoms with Crippen molar-refractivity contribution < 1.29 is 4.79 Å². The van der Waals surface area contributed by atoms with Gasteiger partial charge >= 0.3 is 0 Å². The lowest BCUT2D eigenvalue weighted by Gasteiger charge is -2.28. The second kappa shape index (κ2) is 5.59. The maximum Gasteiger partial charge on any atom is 0.223 e. The first-order valence-corrected chi connectivity index (χ1v) is 5.71. The monoisotopic (exact) mass is 219 g/mol. The lowest BCUT2D eigenvalue weighted by Crippen LogP contribution is -2.46. The smallest absolute Gasteiger partial charge is 0.223 e. The number of alkyl halides is 1. The van der Waals surface area contributed by atoms with Crippen molar-refractivity contribution in [3.63, 3.8) is 0 Å². The number of carbonyl (C=O) groups excluding carboxylic acids is 1. The zero-order chi connectivity index (χ0) is 11.4. The number of amides is 1. The van der Waals surface area contributed by atoms with E-state index in [-0.39, 0.29) is 17.4 Å². The van der Waals surface area contributed by atoms with Gasteiger partial charge in [0.15, 0.2) is 0 Å². The van der Waals surface area contributed by atoms with Gasteiger partial charge in [0.05, 0.1) is 0 Å². The van der Waals surface area contributed by atoms with Crippen LogP contribution in [0, 0.1) is 11.8 Å². The molecule has 0 aromatic rings. The van der Waals surface area contributed by atoms with Gasteiger partial charge in [0, 0.05) is 17.3 Å². The van der Waals surface area contributed by atoms with Crippen LogP contribution in [0.15, 0.2) is 0 Å². The molecule has 0 fully saturated rings. The fourth-order valence-corrected chi connectivity index (χ4v) is 1.52. The van der Waals surface area contributed by atoms with Crippen LogP contribution in [-0.4, -0.2) is 17.3 Å². The Morgan fingerprint density at radius 2 is 1.86 bits per heavy atom. The fraction of sp³-hybridized carbons (Fsp3) is 0.909. The van der Waals surface area contributed by atoms with Crippen molar-refractivity contribution in [3.8, 4) is 0 Å². The van der Waals surface area contributed by atoms with E-state index < -0.39 is 0 Å². The summed E-state index contributed by atoms with van der Waals surface area (Å²) in [5, 5.41) is 3.01. The standard InChI is InChI=1S/C11H22ClNO/c1-8(2)9(3)10(14)13-11(4,5)6-7-12/h8-9H,6-7H2,1-5H3,(H,13,14). The molecule has 1 N–H and O–H groups in total. The molecule has 0 bridgehead atoms. The largest absolute Gasteiger partial charge is 0.351 e. The first kappa shape index (κ1) is 13.8. The highest BCUT2D eigenvalue weighted by Crippen LogP contribution is 2.14. The van der Waals surface area contributed by atoms with E-state index in [9.17, 15) is 4.79 Å². The molecule has 0 aliphatic heterocycles. The Balaban J connectivity index is 4.17. The number of carbonyl (C=O) groups is 1. The van der Waals surface area contributed by atoms with Gasteiger partial charge in [-0.05, 0) is 26.2 Å². The Morgan fingerprint density at radius 1 is 1.36 bits per heavy atom. The molecule has 1 atom stereocenters. The quantitative estimate of drug-likeness (QED) is 0.708. The van der Waals surface area contributed by atoms with Crippen LogP contribution >= 0.6 is 11.6 Å². The van der Waals surface area contributed by atoms with Crippen LogP contribution in [0.4, 0.5) is 0 Å². The predicted octanol–water partition coefficient (Wildman–Crippen LogP) is 2.80. The highest BCUT2D eigenvalue weighted by atomic mass is 35.5. The van der Waals surface area contributed by atoms with Gasteiger partial charge in [-0.3, -0.25) is 4.79 Å². The molecule has 0 saturated heterocycles. The Bertz CT molecular complexity index is 190. The summed E-state index contributed by atoms with van der Waals surface area (Å²) >= 11 is 5.66. The van der Waals surface area contributed by atoms with Gasteiger partial charge in [-0.1, -0.05) is 20.8 Å². The van der Waals surface area contributed by atoms with E-state index in [4.69, 9.17) is 11.6 Å². The minimum atomic E-state index is -0.192. The van der Waals surface area contributed by atoms with Crippen molar-refractivity contribution >= 4 is 17.5 Å². The molecule has 0 spiro atoms. The van der Waals surface area contributed by atoms with E-state index in [0.29, 0.717) is 11.8 Å². The molecular formula is C11H22ClNO. The molecule has 0 saturated carbocycles. The number of hydrogen-bond acceptors (Lipinski definition) is 1. The Morgan fingerprint density at radius 3 is 2.21 bits per heavy atom. The maximum absolute atomic E-state index is 11.7. The molecule has 0 heterocycles. The van der Waals surface area contributed by atoms with Gasteiger partial charge in [0.25, 0.3) is 0 Å². The Labute approximate surface area is 92.4 Å². The molecule has 0 aliphatic carbocycles. The molecular weight excluding hydrogens is 198 g/mol. The third kappa shape index (κ3) is 4.85. The fourth-order valence-electron chi connectivity index (χ4n) is 1.05. The summed E-state index contributed by atoms with van der Waals surface area (Å²) in [5.74, 6) is 1.13.